The Bertz CT molecular complexity index is 1160. The van der Waals surface area contributed by atoms with Crippen LogP contribution in [0.15, 0.2) is 70.4 Å². The van der Waals surface area contributed by atoms with Gasteiger partial charge >= 0.3 is 0 Å². The molecule has 7 nitrogen and oxygen atoms in total. The molecule has 0 amide bonds. The molecule has 0 atom stereocenters. The van der Waals surface area contributed by atoms with Crippen molar-refractivity contribution in [2.45, 2.75) is 0 Å². The summed E-state index contributed by atoms with van der Waals surface area (Å²) in [6.45, 7) is 0. The van der Waals surface area contributed by atoms with Crippen LogP contribution in [0.4, 0.5) is 11.6 Å². The van der Waals surface area contributed by atoms with Crippen molar-refractivity contribution in [3.8, 4) is 11.5 Å². The fourth-order valence-electron chi connectivity index (χ4n) is 2.77. The molecule has 2 N–H and O–H groups in total. The first-order valence-corrected chi connectivity index (χ1v) is 9.22. The summed E-state index contributed by atoms with van der Waals surface area (Å²) in [5.41, 5.74) is 3.24. The smallest absolute Gasteiger partial charge is 0.208 e. The van der Waals surface area contributed by atoms with E-state index in [2.05, 4.69) is 36.4 Å². The lowest BCUT2D eigenvalue weighted by molar-refractivity contribution is 0.321. The van der Waals surface area contributed by atoms with Gasteiger partial charge in [-0.1, -0.05) is 21.1 Å². The van der Waals surface area contributed by atoms with E-state index in [1.807, 2.05) is 54.1 Å². The van der Waals surface area contributed by atoms with Gasteiger partial charge in [-0.15, -0.1) is 0 Å². The van der Waals surface area contributed by atoms with Crippen molar-refractivity contribution in [2.75, 3.05) is 5.32 Å². The molecular formula is C20H16BrN5O2. The number of hydrogen-bond acceptors (Lipinski definition) is 6. The number of benzene rings is 2. The SMILES string of the molecule is Cn1c(Nc2ccc(Br)cc2)nc2cc(Oc3ccnc(/C=N\O)c3)ccc21. The van der Waals surface area contributed by atoms with E-state index >= 15 is 0 Å². The van der Waals surface area contributed by atoms with Crippen LogP contribution in [0.5, 0.6) is 11.5 Å². The van der Waals surface area contributed by atoms with Gasteiger partial charge in [-0.25, -0.2) is 4.98 Å². The first-order valence-electron chi connectivity index (χ1n) is 8.43. The molecule has 0 aliphatic rings. The highest BCUT2D eigenvalue weighted by molar-refractivity contribution is 9.10. The number of oxime groups is 1. The summed E-state index contributed by atoms with van der Waals surface area (Å²) in [4.78, 5) is 8.74. The number of aryl methyl sites for hydroxylation is 1. The predicted molar refractivity (Wildman–Crippen MR) is 112 cm³/mol. The number of fused-ring (bicyclic) bond motifs is 1. The Balaban J connectivity index is 1.60. The molecule has 0 aliphatic heterocycles. The molecule has 0 fully saturated rings. The number of ether oxygens (including phenoxy) is 1. The normalized spacial score (nSPS) is 11.2. The topological polar surface area (TPSA) is 84.6 Å². The highest BCUT2D eigenvalue weighted by Crippen LogP contribution is 2.28. The van der Waals surface area contributed by atoms with Gasteiger partial charge in [0.25, 0.3) is 0 Å². The average molecular weight is 438 g/mol. The molecule has 2 heterocycles. The molecule has 0 saturated heterocycles. The van der Waals surface area contributed by atoms with Crippen LogP contribution in [-0.2, 0) is 7.05 Å². The number of aromatic nitrogens is 3. The largest absolute Gasteiger partial charge is 0.457 e. The second kappa shape index (κ2) is 7.69. The minimum absolute atomic E-state index is 0.500. The molecule has 0 unspecified atom stereocenters. The molecule has 140 valence electrons. The number of halogens is 1. The van der Waals surface area contributed by atoms with E-state index in [-0.39, 0.29) is 0 Å². The minimum atomic E-state index is 0.500. The van der Waals surface area contributed by atoms with Crippen LogP contribution in [-0.4, -0.2) is 26.0 Å². The van der Waals surface area contributed by atoms with E-state index in [9.17, 15) is 0 Å². The molecule has 0 bridgehead atoms. The summed E-state index contributed by atoms with van der Waals surface area (Å²) in [6.07, 6.45) is 2.83. The Morgan fingerprint density at radius 1 is 1.11 bits per heavy atom. The van der Waals surface area contributed by atoms with Crippen molar-refractivity contribution in [1.29, 1.82) is 0 Å². The standard InChI is InChI=1S/C20H16BrN5O2/c1-26-19-7-6-16(28-17-8-9-22-15(10-17)12-23-27)11-18(19)25-20(26)24-14-4-2-13(21)3-5-14/h2-12,27H,1H3,(H,24,25)/b23-12-. The summed E-state index contributed by atoms with van der Waals surface area (Å²) in [6, 6.07) is 17.0. The molecule has 0 aliphatic carbocycles. The predicted octanol–water partition coefficient (Wildman–Crippen LogP) is 5.07. The third-order valence-corrected chi connectivity index (χ3v) is 4.66. The number of anilines is 2. The number of hydrogen-bond donors (Lipinski definition) is 2. The van der Waals surface area contributed by atoms with Crippen molar-refractivity contribution in [3.05, 3.63) is 71.0 Å². The van der Waals surface area contributed by atoms with Gasteiger partial charge in [-0.2, -0.15) is 0 Å². The van der Waals surface area contributed by atoms with Crippen LogP contribution in [0.3, 0.4) is 0 Å². The molecule has 28 heavy (non-hydrogen) atoms. The highest BCUT2D eigenvalue weighted by atomic mass is 79.9. The second-order valence-corrected chi connectivity index (χ2v) is 6.96. The van der Waals surface area contributed by atoms with E-state index in [1.165, 1.54) is 6.21 Å². The van der Waals surface area contributed by atoms with Crippen molar-refractivity contribution in [3.63, 3.8) is 0 Å². The summed E-state index contributed by atoms with van der Waals surface area (Å²) in [5.74, 6) is 1.98. The lowest BCUT2D eigenvalue weighted by Crippen LogP contribution is -1.98. The van der Waals surface area contributed by atoms with E-state index < -0.39 is 0 Å². The quantitative estimate of drug-likeness (QED) is 0.258. The van der Waals surface area contributed by atoms with Gasteiger partial charge < -0.3 is 19.8 Å². The minimum Gasteiger partial charge on any atom is -0.457 e. The van der Waals surface area contributed by atoms with Crippen LogP contribution in [0.2, 0.25) is 0 Å². The maximum absolute atomic E-state index is 8.64. The average Bonchev–Trinajstić information content (AvgIpc) is 2.99. The first-order chi connectivity index (χ1) is 13.6. The molecule has 0 saturated carbocycles. The maximum atomic E-state index is 8.64. The highest BCUT2D eigenvalue weighted by Gasteiger charge is 2.10. The van der Waals surface area contributed by atoms with Gasteiger partial charge in [-0.3, -0.25) is 4.98 Å². The van der Waals surface area contributed by atoms with Crippen molar-refractivity contribution in [1.82, 2.24) is 14.5 Å². The molecule has 2 aromatic carbocycles. The molecule has 4 rings (SSSR count). The zero-order valence-corrected chi connectivity index (χ0v) is 16.5. The second-order valence-electron chi connectivity index (χ2n) is 6.04. The van der Waals surface area contributed by atoms with E-state index in [4.69, 9.17) is 9.94 Å². The van der Waals surface area contributed by atoms with Crippen molar-refractivity contribution in [2.24, 2.45) is 12.2 Å². The van der Waals surface area contributed by atoms with Crippen LogP contribution in [0.25, 0.3) is 11.0 Å². The maximum Gasteiger partial charge on any atom is 0.208 e. The lowest BCUT2D eigenvalue weighted by Gasteiger charge is -2.07. The molecule has 0 radical (unpaired) electrons. The summed E-state index contributed by atoms with van der Waals surface area (Å²) in [5, 5.41) is 14.9. The molecule has 2 aromatic heterocycles. The Morgan fingerprint density at radius 3 is 2.68 bits per heavy atom. The number of nitrogens with zero attached hydrogens (tertiary/aromatic N) is 4. The zero-order chi connectivity index (χ0) is 19.5. The van der Waals surface area contributed by atoms with Crippen molar-refractivity contribution < 1.29 is 9.94 Å². The van der Waals surface area contributed by atoms with Gasteiger partial charge in [0, 0.05) is 35.5 Å². The van der Waals surface area contributed by atoms with Crippen LogP contribution in [0, 0.1) is 0 Å². The third-order valence-electron chi connectivity index (χ3n) is 4.13. The Labute approximate surface area is 169 Å². The summed E-state index contributed by atoms with van der Waals surface area (Å²) in [7, 11) is 1.96. The number of rotatable bonds is 5. The van der Waals surface area contributed by atoms with Gasteiger partial charge in [0.2, 0.25) is 5.95 Å². The fourth-order valence-corrected chi connectivity index (χ4v) is 3.04. The Kier molecular flexibility index (Phi) is 4.94. The fraction of sp³-hybridized carbons (Fsp3) is 0.0500. The number of pyridine rings is 1. The third kappa shape index (κ3) is 3.81. The molecule has 4 aromatic rings. The summed E-state index contributed by atoms with van der Waals surface area (Å²) < 4.78 is 8.91. The monoisotopic (exact) mass is 437 g/mol. The number of imidazole rings is 1. The lowest BCUT2D eigenvalue weighted by atomic mass is 10.3. The van der Waals surface area contributed by atoms with Crippen molar-refractivity contribution >= 4 is 44.8 Å². The van der Waals surface area contributed by atoms with E-state index in [0.717, 1.165) is 27.1 Å². The van der Waals surface area contributed by atoms with Crippen LogP contribution < -0.4 is 10.1 Å². The van der Waals surface area contributed by atoms with E-state index in [0.29, 0.717) is 17.2 Å². The molecule has 0 spiro atoms. The Hall–Kier alpha value is -3.39. The Morgan fingerprint density at radius 2 is 1.89 bits per heavy atom. The van der Waals surface area contributed by atoms with Crippen LogP contribution in [0.1, 0.15) is 5.69 Å². The van der Waals surface area contributed by atoms with Gasteiger partial charge in [0.05, 0.1) is 22.9 Å². The van der Waals surface area contributed by atoms with E-state index in [1.54, 1.807) is 18.3 Å². The van der Waals surface area contributed by atoms with Gasteiger partial charge in [0.15, 0.2) is 0 Å². The zero-order valence-electron chi connectivity index (χ0n) is 14.9. The van der Waals surface area contributed by atoms with Gasteiger partial charge in [0.1, 0.15) is 11.5 Å². The van der Waals surface area contributed by atoms with Gasteiger partial charge in [-0.05, 0) is 42.5 Å². The number of nitrogens with one attached hydrogen (secondary N) is 1. The molecule has 8 heteroatoms. The first kappa shape index (κ1) is 18.0. The van der Waals surface area contributed by atoms with Crippen LogP contribution >= 0.6 is 15.9 Å². The summed E-state index contributed by atoms with van der Waals surface area (Å²) >= 11 is 3.44. The molecular weight excluding hydrogens is 422 g/mol.